The normalized spacial score (nSPS) is 16.3. The van der Waals surface area contributed by atoms with E-state index in [1.54, 1.807) is 0 Å². The molecule has 0 unspecified atom stereocenters. The lowest BCUT2D eigenvalue weighted by Gasteiger charge is -2.17. The fourth-order valence-corrected chi connectivity index (χ4v) is 3.76. The van der Waals surface area contributed by atoms with Crippen LogP contribution in [0.15, 0.2) is 10.6 Å². The van der Waals surface area contributed by atoms with Crippen molar-refractivity contribution >= 4 is 17.5 Å². The van der Waals surface area contributed by atoms with Crippen LogP contribution in [0.1, 0.15) is 53.3 Å². The number of hydrogen-bond acceptors (Lipinski definition) is 7. The topological polar surface area (TPSA) is 96.2 Å². The fraction of sp³-hybridized carbons (Fsp3) is 0.579. The van der Waals surface area contributed by atoms with Gasteiger partial charge in [0.2, 0.25) is 0 Å². The molecule has 8 nitrogen and oxygen atoms in total. The molecule has 2 N–H and O–H groups in total. The van der Waals surface area contributed by atoms with Crippen molar-refractivity contribution in [2.24, 2.45) is 0 Å². The Kier molecular flexibility index (Phi) is 5.22. The van der Waals surface area contributed by atoms with E-state index in [4.69, 9.17) is 4.52 Å². The summed E-state index contributed by atoms with van der Waals surface area (Å²) < 4.78 is 5.31. The summed E-state index contributed by atoms with van der Waals surface area (Å²) in [5, 5.41) is 10.2. The molecule has 1 aliphatic heterocycles. The number of carbonyl (C=O) groups is 1. The third-order valence-corrected chi connectivity index (χ3v) is 5.14. The number of rotatable bonds is 6. The standard InChI is InChI=1S/C19H26N6O2/c1-13-22-16(12-17(23-13)25-10-4-5-11-25)20-8-9-21-19(26)18-14-6-2-3-7-15(14)27-24-18/h12H,2-11H2,1H3,(H,21,26)(H,20,22,23). The van der Waals surface area contributed by atoms with Gasteiger partial charge in [-0.1, -0.05) is 5.16 Å². The molecule has 2 aliphatic rings. The van der Waals surface area contributed by atoms with Crippen LogP contribution in [-0.4, -0.2) is 47.2 Å². The Bertz CT molecular complexity index is 813. The van der Waals surface area contributed by atoms with E-state index in [9.17, 15) is 4.79 Å². The molecule has 0 atom stereocenters. The van der Waals surface area contributed by atoms with Gasteiger partial charge in [0.05, 0.1) is 0 Å². The van der Waals surface area contributed by atoms with Gasteiger partial charge in [-0.3, -0.25) is 4.79 Å². The highest BCUT2D eigenvalue weighted by Gasteiger charge is 2.23. The van der Waals surface area contributed by atoms with Crippen molar-refractivity contribution in [3.05, 3.63) is 28.9 Å². The van der Waals surface area contributed by atoms with E-state index in [2.05, 4.69) is 30.7 Å². The molecule has 3 heterocycles. The first-order valence-corrected chi connectivity index (χ1v) is 9.81. The van der Waals surface area contributed by atoms with E-state index >= 15 is 0 Å². The summed E-state index contributed by atoms with van der Waals surface area (Å²) in [5.41, 5.74) is 1.42. The fourth-order valence-electron chi connectivity index (χ4n) is 3.76. The van der Waals surface area contributed by atoms with Gasteiger partial charge in [-0.25, -0.2) is 9.97 Å². The van der Waals surface area contributed by atoms with Gasteiger partial charge in [0.25, 0.3) is 5.91 Å². The molecule has 1 amide bonds. The zero-order valence-corrected chi connectivity index (χ0v) is 15.8. The Morgan fingerprint density at radius 3 is 2.81 bits per heavy atom. The number of amides is 1. The van der Waals surface area contributed by atoms with Crippen LogP contribution in [0.25, 0.3) is 0 Å². The minimum absolute atomic E-state index is 0.166. The number of fused-ring (bicyclic) bond motifs is 1. The zero-order valence-electron chi connectivity index (χ0n) is 15.8. The molecule has 1 fully saturated rings. The zero-order chi connectivity index (χ0) is 18.6. The van der Waals surface area contributed by atoms with Gasteiger partial charge < -0.3 is 20.1 Å². The Balaban J connectivity index is 1.30. The van der Waals surface area contributed by atoms with Gasteiger partial charge in [0.15, 0.2) is 5.69 Å². The molecular weight excluding hydrogens is 344 g/mol. The van der Waals surface area contributed by atoms with Crippen molar-refractivity contribution in [3.8, 4) is 0 Å². The number of anilines is 2. The molecule has 1 saturated heterocycles. The van der Waals surface area contributed by atoms with Crippen molar-refractivity contribution in [3.63, 3.8) is 0 Å². The third kappa shape index (κ3) is 4.04. The number of aryl methyl sites for hydroxylation is 2. The minimum atomic E-state index is -0.166. The average molecular weight is 370 g/mol. The highest BCUT2D eigenvalue weighted by atomic mass is 16.5. The average Bonchev–Trinajstić information content (AvgIpc) is 3.34. The molecule has 2 aromatic heterocycles. The first kappa shape index (κ1) is 17.8. The van der Waals surface area contributed by atoms with Crippen LogP contribution >= 0.6 is 0 Å². The largest absolute Gasteiger partial charge is 0.368 e. The van der Waals surface area contributed by atoms with Crippen molar-refractivity contribution in [2.75, 3.05) is 36.4 Å². The van der Waals surface area contributed by atoms with Crippen molar-refractivity contribution in [1.82, 2.24) is 20.4 Å². The molecule has 27 heavy (non-hydrogen) atoms. The van der Waals surface area contributed by atoms with Gasteiger partial charge >= 0.3 is 0 Å². The van der Waals surface area contributed by atoms with E-state index in [0.717, 1.165) is 67.6 Å². The van der Waals surface area contributed by atoms with Gasteiger partial charge in [-0.15, -0.1) is 0 Å². The van der Waals surface area contributed by atoms with Gasteiger partial charge in [-0.2, -0.15) is 0 Å². The number of carbonyl (C=O) groups excluding carboxylic acids is 1. The second kappa shape index (κ2) is 7.94. The molecule has 2 aromatic rings. The summed E-state index contributed by atoms with van der Waals surface area (Å²) >= 11 is 0. The molecule has 0 radical (unpaired) electrons. The van der Waals surface area contributed by atoms with Gasteiger partial charge in [0.1, 0.15) is 23.2 Å². The molecule has 144 valence electrons. The Hall–Kier alpha value is -2.64. The molecule has 0 aromatic carbocycles. The van der Waals surface area contributed by atoms with Crippen LogP contribution in [0, 0.1) is 6.92 Å². The maximum atomic E-state index is 12.4. The van der Waals surface area contributed by atoms with Crippen LogP contribution in [-0.2, 0) is 12.8 Å². The summed E-state index contributed by atoms with van der Waals surface area (Å²) in [6, 6.07) is 1.98. The molecule has 0 spiro atoms. The predicted molar refractivity (Wildman–Crippen MR) is 102 cm³/mol. The number of hydrogen-bond donors (Lipinski definition) is 2. The maximum absolute atomic E-state index is 12.4. The smallest absolute Gasteiger partial charge is 0.273 e. The van der Waals surface area contributed by atoms with Crippen LogP contribution in [0.4, 0.5) is 11.6 Å². The predicted octanol–water partition coefficient (Wildman–Crippen LogP) is 2.09. The highest BCUT2D eigenvalue weighted by molar-refractivity contribution is 5.93. The first-order valence-electron chi connectivity index (χ1n) is 9.81. The molecular formula is C19H26N6O2. The SMILES string of the molecule is Cc1nc(NCCNC(=O)c2noc3c2CCCC3)cc(N2CCCC2)n1. The van der Waals surface area contributed by atoms with Crippen LogP contribution < -0.4 is 15.5 Å². The minimum Gasteiger partial charge on any atom is -0.368 e. The lowest BCUT2D eigenvalue weighted by Crippen LogP contribution is -2.30. The Labute approximate surface area is 158 Å². The molecule has 0 bridgehead atoms. The highest BCUT2D eigenvalue weighted by Crippen LogP contribution is 2.24. The van der Waals surface area contributed by atoms with Crippen LogP contribution in [0.2, 0.25) is 0 Å². The molecule has 8 heteroatoms. The van der Waals surface area contributed by atoms with Crippen LogP contribution in [0.3, 0.4) is 0 Å². The van der Waals surface area contributed by atoms with Crippen molar-refractivity contribution in [2.45, 2.75) is 45.4 Å². The van der Waals surface area contributed by atoms with E-state index < -0.39 is 0 Å². The van der Waals surface area contributed by atoms with Gasteiger partial charge in [0, 0.05) is 44.2 Å². The summed E-state index contributed by atoms with van der Waals surface area (Å²) in [6.45, 7) is 5.08. The lowest BCUT2D eigenvalue weighted by molar-refractivity contribution is 0.0945. The van der Waals surface area contributed by atoms with E-state index in [1.807, 2.05) is 13.0 Å². The maximum Gasteiger partial charge on any atom is 0.273 e. The van der Waals surface area contributed by atoms with E-state index in [0.29, 0.717) is 18.8 Å². The van der Waals surface area contributed by atoms with Crippen molar-refractivity contribution in [1.29, 1.82) is 0 Å². The second-order valence-electron chi connectivity index (χ2n) is 7.18. The molecule has 0 saturated carbocycles. The monoisotopic (exact) mass is 370 g/mol. The third-order valence-electron chi connectivity index (χ3n) is 5.14. The Morgan fingerprint density at radius 2 is 1.96 bits per heavy atom. The summed E-state index contributed by atoms with van der Waals surface area (Å²) in [5.74, 6) is 3.22. The summed E-state index contributed by atoms with van der Waals surface area (Å²) in [6.07, 6.45) is 6.36. The number of nitrogens with one attached hydrogen (secondary N) is 2. The number of aromatic nitrogens is 3. The first-order chi connectivity index (χ1) is 13.2. The molecule has 1 aliphatic carbocycles. The van der Waals surface area contributed by atoms with Gasteiger partial charge in [-0.05, 0) is 39.0 Å². The summed E-state index contributed by atoms with van der Waals surface area (Å²) in [7, 11) is 0. The summed E-state index contributed by atoms with van der Waals surface area (Å²) in [4.78, 5) is 23.6. The lowest BCUT2D eigenvalue weighted by atomic mass is 9.96. The number of nitrogens with zero attached hydrogens (tertiary/aromatic N) is 4. The molecule has 4 rings (SSSR count). The second-order valence-corrected chi connectivity index (χ2v) is 7.18. The Morgan fingerprint density at radius 1 is 1.15 bits per heavy atom. The quantitative estimate of drug-likeness (QED) is 0.752. The van der Waals surface area contributed by atoms with Crippen molar-refractivity contribution < 1.29 is 9.32 Å². The van der Waals surface area contributed by atoms with E-state index in [-0.39, 0.29) is 5.91 Å². The van der Waals surface area contributed by atoms with E-state index in [1.165, 1.54) is 12.8 Å². The van der Waals surface area contributed by atoms with Crippen LogP contribution in [0.5, 0.6) is 0 Å².